The van der Waals surface area contributed by atoms with Gasteiger partial charge in [-0.25, -0.2) is 9.18 Å². The van der Waals surface area contributed by atoms with Gasteiger partial charge in [-0.2, -0.15) is 0 Å². The van der Waals surface area contributed by atoms with E-state index in [1.807, 2.05) is 25.1 Å². The molecule has 1 N–H and O–H groups in total. The first-order valence-electron chi connectivity index (χ1n) is 9.79. The van der Waals surface area contributed by atoms with E-state index >= 15 is 0 Å². The number of amides is 1. The van der Waals surface area contributed by atoms with E-state index in [2.05, 4.69) is 10.5 Å². The smallest absolute Gasteiger partial charge is 0.340 e. The fraction of sp³-hybridized carbons (Fsp3) is 0.261. The van der Waals surface area contributed by atoms with Crippen LogP contribution in [0.1, 0.15) is 34.3 Å². The lowest BCUT2D eigenvalue weighted by molar-refractivity contribution is -0.129. The molecule has 0 spiro atoms. The second kappa shape index (κ2) is 10.8. The van der Waals surface area contributed by atoms with Gasteiger partial charge in [0.2, 0.25) is 0 Å². The van der Waals surface area contributed by atoms with Crippen molar-refractivity contribution in [2.75, 3.05) is 6.54 Å². The number of carbonyl (C=O) groups excluding carboxylic acids is 2. The molecule has 162 valence electrons. The van der Waals surface area contributed by atoms with E-state index in [0.29, 0.717) is 30.0 Å². The van der Waals surface area contributed by atoms with Crippen LogP contribution in [0.25, 0.3) is 0 Å². The van der Waals surface area contributed by atoms with Gasteiger partial charge in [-0.1, -0.05) is 29.4 Å². The Morgan fingerprint density at radius 3 is 2.65 bits per heavy atom. The topological polar surface area (TPSA) is 81.4 Å². The van der Waals surface area contributed by atoms with Crippen LogP contribution in [-0.4, -0.2) is 29.7 Å². The van der Waals surface area contributed by atoms with Crippen molar-refractivity contribution in [3.05, 3.63) is 83.0 Å². The maximum atomic E-state index is 12.9. The number of benzene rings is 2. The Bertz CT molecular complexity index is 1040. The number of esters is 1. The largest absolute Gasteiger partial charge is 0.449 e. The normalized spacial score (nSPS) is 11.7. The Labute approximate surface area is 184 Å². The van der Waals surface area contributed by atoms with E-state index in [1.54, 1.807) is 24.3 Å². The fourth-order valence-electron chi connectivity index (χ4n) is 2.80. The highest BCUT2D eigenvalue weighted by Crippen LogP contribution is 2.27. The third-order valence-electron chi connectivity index (χ3n) is 4.43. The van der Waals surface area contributed by atoms with Crippen LogP contribution >= 0.6 is 11.8 Å². The number of ether oxygens (including phenoxy) is 1. The molecule has 0 radical (unpaired) electrons. The summed E-state index contributed by atoms with van der Waals surface area (Å²) in [4.78, 5) is 25.6. The number of aromatic nitrogens is 1. The van der Waals surface area contributed by atoms with Crippen molar-refractivity contribution < 1.29 is 23.2 Å². The van der Waals surface area contributed by atoms with Gasteiger partial charge in [0.05, 0.1) is 17.0 Å². The predicted molar refractivity (Wildman–Crippen MR) is 115 cm³/mol. The maximum absolute atomic E-state index is 12.9. The van der Waals surface area contributed by atoms with Crippen molar-refractivity contribution in [1.82, 2.24) is 10.5 Å². The van der Waals surface area contributed by atoms with Crippen molar-refractivity contribution >= 4 is 23.6 Å². The molecule has 0 aliphatic carbocycles. The van der Waals surface area contributed by atoms with Crippen LogP contribution in [0.5, 0.6) is 0 Å². The molecule has 0 fully saturated rings. The number of thioether (sulfide) groups is 1. The van der Waals surface area contributed by atoms with E-state index in [0.717, 1.165) is 16.2 Å². The van der Waals surface area contributed by atoms with Crippen molar-refractivity contribution in [3.8, 4) is 0 Å². The Kier molecular flexibility index (Phi) is 7.83. The molecule has 2 aromatic carbocycles. The Balaban J connectivity index is 1.51. The van der Waals surface area contributed by atoms with Crippen molar-refractivity contribution in [3.63, 3.8) is 0 Å². The Morgan fingerprint density at radius 2 is 1.94 bits per heavy atom. The van der Waals surface area contributed by atoms with E-state index in [4.69, 9.17) is 9.26 Å². The molecule has 3 aromatic rings. The first kappa shape index (κ1) is 22.6. The maximum Gasteiger partial charge on any atom is 0.340 e. The highest BCUT2D eigenvalue weighted by atomic mass is 32.2. The van der Waals surface area contributed by atoms with E-state index in [-0.39, 0.29) is 5.82 Å². The molecule has 1 aromatic heterocycles. The lowest BCUT2D eigenvalue weighted by atomic mass is 10.1. The number of nitrogens with one attached hydrogen (secondary N) is 1. The molecule has 8 heteroatoms. The highest BCUT2D eigenvalue weighted by molar-refractivity contribution is 7.98. The van der Waals surface area contributed by atoms with E-state index in [1.165, 1.54) is 30.8 Å². The predicted octanol–water partition coefficient (Wildman–Crippen LogP) is 4.32. The molecule has 0 saturated heterocycles. The molecule has 1 unspecified atom stereocenters. The standard InChI is InChI=1S/C23H23FN2O4S/c1-15-13-19(30-26-15)14-31-21-6-4-3-5-20(21)23(28)29-16(2)22(27)25-12-11-17-7-9-18(24)10-8-17/h3-10,13,16H,11-12,14H2,1-2H3,(H,25,27). The summed E-state index contributed by atoms with van der Waals surface area (Å²) in [7, 11) is 0. The number of aryl methyl sites for hydroxylation is 1. The monoisotopic (exact) mass is 442 g/mol. The number of carbonyl (C=O) groups is 2. The van der Waals surface area contributed by atoms with E-state index in [9.17, 15) is 14.0 Å². The van der Waals surface area contributed by atoms with Crippen LogP contribution in [0.2, 0.25) is 0 Å². The van der Waals surface area contributed by atoms with Gasteiger partial charge in [-0.15, -0.1) is 11.8 Å². The quantitative estimate of drug-likeness (QED) is 0.393. The molecule has 1 amide bonds. The summed E-state index contributed by atoms with van der Waals surface area (Å²) >= 11 is 1.43. The third kappa shape index (κ3) is 6.68. The number of hydrogen-bond acceptors (Lipinski definition) is 6. The summed E-state index contributed by atoms with van der Waals surface area (Å²) < 4.78 is 23.5. The molecule has 1 heterocycles. The highest BCUT2D eigenvalue weighted by Gasteiger charge is 2.21. The van der Waals surface area contributed by atoms with Crippen LogP contribution in [0.15, 0.2) is 64.0 Å². The zero-order chi connectivity index (χ0) is 22.2. The molecule has 1 atom stereocenters. The van der Waals surface area contributed by atoms with Crippen molar-refractivity contribution in [1.29, 1.82) is 0 Å². The molecule has 31 heavy (non-hydrogen) atoms. The molecule has 0 aliphatic heterocycles. The minimum atomic E-state index is -0.948. The number of rotatable bonds is 9. The van der Waals surface area contributed by atoms with Crippen LogP contribution in [0.4, 0.5) is 4.39 Å². The van der Waals surface area contributed by atoms with Crippen LogP contribution in [0, 0.1) is 12.7 Å². The van der Waals surface area contributed by atoms with Gasteiger partial charge in [0.1, 0.15) is 11.6 Å². The van der Waals surface area contributed by atoms with Gasteiger partial charge < -0.3 is 14.6 Å². The van der Waals surface area contributed by atoms with Gasteiger partial charge in [-0.3, -0.25) is 4.79 Å². The Hall–Kier alpha value is -3.13. The Morgan fingerprint density at radius 1 is 1.19 bits per heavy atom. The molecule has 3 rings (SSSR count). The van der Waals surface area contributed by atoms with Crippen LogP contribution < -0.4 is 5.32 Å². The van der Waals surface area contributed by atoms with Gasteiger partial charge in [0.15, 0.2) is 6.10 Å². The van der Waals surface area contributed by atoms with Gasteiger partial charge >= 0.3 is 5.97 Å². The molecule has 0 aliphatic rings. The zero-order valence-electron chi connectivity index (χ0n) is 17.3. The summed E-state index contributed by atoms with van der Waals surface area (Å²) in [5.74, 6) is -0.0390. The number of halogens is 1. The minimum absolute atomic E-state index is 0.303. The summed E-state index contributed by atoms with van der Waals surface area (Å²) in [6.07, 6.45) is -0.400. The lowest BCUT2D eigenvalue weighted by Crippen LogP contribution is -2.37. The van der Waals surface area contributed by atoms with Crippen LogP contribution in [0.3, 0.4) is 0 Å². The summed E-state index contributed by atoms with van der Waals surface area (Å²) in [5, 5.41) is 6.58. The second-order valence-corrected chi connectivity index (χ2v) is 7.95. The van der Waals surface area contributed by atoms with E-state index < -0.39 is 18.0 Å². The summed E-state index contributed by atoms with van der Waals surface area (Å²) in [5.41, 5.74) is 2.08. The SMILES string of the molecule is Cc1cc(CSc2ccccc2C(=O)OC(C)C(=O)NCCc2ccc(F)cc2)on1. The van der Waals surface area contributed by atoms with Crippen molar-refractivity contribution in [2.45, 2.75) is 37.0 Å². The second-order valence-electron chi connectivity index (χ2n) is 6.93. The lowest BCUT2D eigenvalue weighted by Gasteiger charge is -2.15. The first-order chi connectivity index (χ1) is 14.9. The number of nitrogens with zero attached hydrogens (tertiary/aromatic N) is 1. The number of hydrogen-bond donors (Lipinski definition) is 1. The molecule has 0 saturated carbocycles. The average molecular weight is 443 g/mol. The van der Waals surface area contributed by atoms with Crippen LogP contribution in [-0.2, 0) is 21.7 Å². The first-order valence-corrected chi connectivity index (χ1v) is 10.8. The zero-order valence-corrected chi connectivity index (χ0v) is 18.1. The van der Waals surface area contributed by atoms with Gasteiger partial charge in [-0.05, 0) is 50.1 Å². The van der Waals surface area contributed by atoms with Gasteiger partial charge in [0.25, 0.3) is 5.91 Å². The van der Waals surface area contributed by atoms with Crippen molar-refractivity contribution in [2.24, 2.45) is 0 Å². The fourth-order valence-corrected chi connectivity index (χ4v) is 3.71. The minimum Gasteiger partial charge on any atom is -0.449 e. The molecular formula is C23H23FN2O4S. The molecule has 6 nitrogen and oxygen atoms in total. The summed E-state index contributed by atoms with van der Waals surface area (Å²) in [6, 6.07) is 15.0. The average Bonchev–Trinajstić information content (AvgIpc) is 3.18. The molecule has 0 bridgehead atoms. The molecular weight excluding hydrogens is 419 g/mol. The summed E-state index contributed by atoms with van der Waals surface area (Å²) in [6.45, 7) is 3.72. The van der Waals surface area contributed by atoms with Gasteiger partial charge in [0, 0.05) is 17.5 Å². The third-order valence-corrected chi connectivity index (χ3v) is 5.53.